The first-order valence-corrected chi connectivity index (χ1v) is 7.03. The van der Waals surface area contributed by atoms with E-state index < -0.39 is 0 Å². The smallest absolute Gasteiger partial charge is 0.0647 e. The molecule has 2 aliphatic heterocycles. The van der Waals surface area contributed by atoms with Crippen LogP contribution in [0.15, 0.2) is 0 Å². The SMILES string of the molecule is CN1CCC(N)(COCCN2CCOCC2)CC1. The van der Waals surface area contributed by atoms with E-state index >= 15 is 0 Å². The van der Waals surface area contributed by atoms with Crippen LogP contribution in [0.1, 0.15) is 12.8 Å². The van der Waals surface area contributed by atoms with Crippen LogP contribution in [0, 0.1) is 0 Å². The van der Waals surface area contributed by atoms with E-state index in [0.717, 1.165) is 65.4 Å². The maximum atomic E-state index is 6.36. The van der Waals surface area contributed by atoms with Gasteiger partial charge in [0.05, 0.1) is 26.4 Å². The summed E-state index contributed by atoms with van der Waals surface area (Å²) in [5.74, 6) is 0. The summed E-state index contributed by atoms with van der Waals surface area (Å²) in [4.78, 5) is 4.72. The van der Waals surface area contributed by atoms with Crippen LogP contribution in [0.4, 0.5) is 0 Å². The Morgan fingerprint density at radius 3 is 2.50 bits per heavy atom. The van der Waals surface area contributed by atoms with Crippen LogP contribution in [-0.4, -0.2) is 81.5 Å². The standard InChI is InChI=1S/C13H27N3O2/c1-15-4-2-13(14,3-5-15)12-18-11-8-16-6-9-17-10-7-16/h2-12,14H2,1H3. The van der Waals surface area contributed by atoms with Crippen molar-refractivity contribution in [2.45, 2.75) is 18.4 Å². The molecule has 2 heterocycles. The van der Waals surface area contributed by atoms with Gasteiger partial charge >= 0.3 is 0 Å². The second-order valence-corrected chi connectivity index (χ2v) is 5.67. The summed E-state index contributed by atoms with van der Waals surface area (Å²) in [7, 11) is 2.15. The third kappa shape index (κ3) is 4.48. The Balaban J connectivity index is 1.57. The largest absolute Gasteiger partial charge is 0.379 e. The quantitative estimate of drug-likeness (QED) is 0.689. The van der Waals surface area contributed by atoms with Crippen LogP contribution in [0.3, 0.4) is 0 Å². The highest BCUT2D eigenvalue weighted by Crippen LogP contribution is 2.18. The monoisotopic (exact) mass is 257 g/mol. The van der Waals surface area contributed by atoms with Crippen LogP contribution in [0.25, 0.3) is 0 Å². The Hall–Kier alpha value is -0.200. The van der Waals surface area contributed by atoms with Crippen molar-refractivity contribution in [1.29, 1.82) is 0 Å². The zero-order valence-corrected chi connectivity index (χ0v) is 11.6. The second-order valence-electron chi connectivity index (χ2n) is 5.67. The maximum absolute atomic E-state index is 6.36. The fourth-order valence-corrected chi connectivity index (χ4v) is 2.50. The first kappa shape index (κ1) is 14.2. The number of rotatable bonds is 5. The van der Waals surface area contributed by atoms with Crippen LogP contribution in [0.2, 0.25) is 0 Å². The highest BCUT2D eigenvalue weighted by Gasteiger charge is 2.29. The summed E-state index contributed by atoms with van der Waals surface area (Å²) in [6.07, 6.45) is 2.09. The van der Waals surface area contributed by atoms with Crippen molar-refractivity contribution in [3.63, 3.8) is 0 Å². The highest BCUT2D eigenvalue weighted by atomic mass is 16.5. The van der Waals surface area contributed by atoms with Crippen molar-refractivity contribution in [2.24, 2.45) is 5.73 Å². The van der Waals surface area contributed by atoms with Crippen LogP contribution in [0.5, 0.6) is 0 Å². The van der Waals surface area contributed by atoms with Gasteiger partial charge in [0, 0.05) is 25.2 Å². The van der Waals surface area contributed by atoms with Gasteiger partial charge in [-0.15, -0.1) is 0 Å². The van der Waals surface area contributed by atoms with E-state index in [4.69, 9.17) is 15.2 Å². The molecule has 2 rings (SSSR count). The number of nitrogens with zero attached hydrogens (tertiary/aromatic N) is 2. The summed E-state index contributed by atoms with van der Waals surface area (Å²) in [6, 6.07) is 0. The Morgan fingerprint density at radius 1 is 1.17 bits per heavy atom. The first-order chi connectivity index (χ1) is 8.68. The Bertz CT molecular complexity index is 236. The lowest BCUT2D eigenvalue weighted by Crippen LogP contribution is -2.52. The van der Waals surface area contributed by atoms with E-state index in [9.17, 15) is 0 Å². The molecule has 18 heavy (non-hydrogen) atoms. The molecule has 0 bridgehead atoms. The summed E-state index contributed by atoms with van der Waals surface area (Å²) in [5.41, 5.74) is 6.26. The van der Waals surface area contributed by atoms with Crippen LogP contribution < -0.4 is 5.73 Å². The van der Waals surface area contributed by atoms with Gasteiger partial charge in [-0.25, -0.2) is 0 Å². The zero-order chi connectivity index (χ0) is 12.8. The molecule has 2 N–H and O–H groups in total. The van der Waals surface area contributed by atoms with Gasteiger partial charge in [0.2, 0.25) is 0 Å². The molecule has 0 aromatic carbocycles. The topological polar surface area (TPSA) is 51.0 Å². The van der Waals surface area contributed by atoms with Gasteiger partial charge in [-0.2, -0.15) is 0 Å². The van der Waals surface area contributed by atoms with Crippen molar-refractivity contribution in [1.82, 2.24) is 9.80 Å². The number of hydrogen-bond donors (Lipinski definition) is 1. The average molecular weight is 257 g/mol. The molecule has 0 amide bonds. The normalized spacial score (nSPS) is 26.3. The summed E-state index contributed by atoms with van der Waals surface area (Å²) < 4.78 is 11.1. The fraction of sp³-hybridized carbons (Fsp3) is 1.00. The molecule has 0 radical (unpaired) electrons. The average Bonchev–Trinajstić information content (AvgIpc) is 2.40. The summed E-state index contributed by atoms with van der Waals surface area (Å²) in [5, 5.41) is 0. The lowest BCUT2D eigenvalue weighted by atomic mass is 9.90. The molecule has 2 aliphatic rings. The van der Waals surface area contributed by atoms with Crippen LogP contribution >= 0.6 is 0 Å². The molecule has 106 valence electrons. The Morgan fingerprint density at radius 2 is 1.83 bits per heavy atom. The number of nitrogens with two attached hydrogens (primary N) is 1. The molecule has 0 atom stereocenters. The fourth-order valence-electron chi connectivity index (χ4n) is 2.50. The molecule has 2 saturated heterocycles. The van der Waals surface area contributed by atoms with Gasteiger partial charge in [0.25, 0.3) is 0 Å². The number of piperidine rings is 1. The minimum Gasteiger partial charge on any atom is -0.379 e. The van der Waals surface area contributed by atoms with Gasteiger partial charge < -0.3 is 20.1 Å². The van der Waals surface area contributed by atoms with Crippen molar-refractivity contribution < 1.29 is 9.47 Å². The molecule has 0 spiro atoms. The van der Waals surface area contributed by atoms with E-state index in [1.807, 2.05) is 0 Å². The van der Waals surface area contributed by atoms with Crippen molar-refractivity contribution in [3.05, 3.63) is 0 Å². The van der Waals surface area contributed by atoms with Gasteiger partial charge in [0.15, 0.2) is 0 Å². The Labute approximate surface area is 110 Å². The molecule has 0 saturated carbocycles. The minimum atomic E-state index is -0.0997. The number of morpholine rings is 1. The van der Waals surface area contributed by atoms with Crippen molar-refractivity contribution in [3.8, 4) is 0 Å². The van der Waals surface area contributed by atoms with E-state index in [1.165, 1.54) is 0 Å². The van der Waals surface area contributed by atoms with Gasteiger partial charge in [-0.1, -0.05) is 0 Å². The lowest BCUT2D eigenvalue weighted by Gasteiger charge is -2.37. The first-order valence-electron chi connectivity index (χ1n) is 7.03. The maximum Gasteiger partial charge on any atom is 0.0647 e. The minimum absolute atomic E-state index is 0.0997. The molecule has 0 aliphatic carbocycles. The number of likely N-dealkylation sites (tertiary alicyclic amines) is 1. The Kier molecular flexibility index (Phi) is 5.38. The zero-order valence-electron chi connectivity index (χ0n) is 11.6. The lowest BCUT2D eigenvalue weighted by molar-refractivity contribution is 0.00725. The summed E-state index contributed by atoms with van der Waals surface area (Å²) >= 11 is 0. The third-order valence-corrected chi connectivity index (χ3v) is 4.03. The van der Waals surface area contributed by atoms with Crippen molar-refractivity contribution in [2.75, 3.05) is 66.2 Å². The molecule has 0 aromatic rings. The van der Waals surface area contributed by atoms with E-state index in [0.29, 0.717) is 6.61 Å². The molecule has 0 unspecified atom stereocenters. The molecule has 2 fully saturated rings. The molecular weight excluding hydrogens is 230 g/mol. The second kappa shape index (κ2) is 6.82. The molecule has 5 heteroatoms. The molecule has 5 nitrogen and oxygen atoms in total. The van der Waals surface area contributed by atoms with E-state index in [1.54, 1.807) is 0 Å². The molecular formula is C13H27N3O2. The molecule has 0 aromatic heterocycles. The van der Waals surface area contributed by atoms with Gasteiger partial charge in [-0.05, 0) is 33.0 Å². The van der Waals surface area contributed by atoms with Crippen molar-refractivity contribution >= 4 is 0 Å². The number of hydrogen-bond acceptors (Lipinski definition) is 5. The predicted molar refractivity (Wildman–Crippen MR) is 71.7 cm³/mol. The van der Waals surface area contributed by atoms with Gasteiger partial charge in [0.1, 0.15) is 0 Å². The number of ether oxygens (including phenoxy) is 2. The summed E-state index contributed by atoms with van der Waals surface area (Å²) in [6.45, 7) is 8.43. The van der Waals surface area contributed by atoms with Crippen LogP contribution in [-0.2, 0) is 9.47 Å². The van der Waals surface area contributed by atoms with Gasteiger partial charge in [-0.3, -0.25) is 4.90 Å². The van der Waals surface area contributed by atoms with E-state index in [-0.39, 0.29) is 5.54 Å². The van der Waals surface area contributed by atoms with E-state index in [2.05, 4.69) is 16.8 Å². The third-order valence-electron chi connectivity index (χ3n) is 4.03. The highest BCUT2D eigenvalue weighted by molar-refractivity contribution is 4.89. The predicted octanol–water partition coefficient (Wildman–Crippen LogP) is -0.242.